The topological polar surface area (TPSA) is 63.7 Å². The van der Waals surface area contributed by atoms with E-state index in [1.165, 1.54) is 23.2 Å². The molecular formula is C20H29NO4SSi. The Morgan fingerprint density at radius 1 is 1.33 bits per heavy atom. The van der Waals surface area contributed by atoms with E-state index in [4.69, 9.17) is 4.43 Å². The van der Waals surface area contributed by atoms with Crippen molar-refractivity contribution in [1.82, 2.24) is 4.90 Å². The maximum Gasteiger partial charge on any atom is 0.296 e. The van der Waals surface area contributed by atoms with Crippen molar-refractivity contribution in [2.24, 2.45) is 5.92 Å². The summed E-state index contributed by atoms with van der Waals surface area (Å²) in [6.07, 6.45) is 5.44. The third-order valence-electron chi connectivity index (χ3n) is 4.40. The lowest BCUT2D eigenvalue weighted by atomic mass is 10.1. The molecule has 1 aromatic heterocycles. The van der Waals surface area contributed by atoms with Gasteiger partial charge in [0.25, 0.3) is 11.7 Å². The Balaban J connectivity index is 1.98. The molecule has 5 nitrogen and oxygen atoms in total. The number of hydrogen-bond donors (Lipinski definition) is 0. The highest BCUT2D eigenvalue weighted by Gasteiger charge is 2.35. The van der Waals surface area contributed by atoms with E-state index in [-0.39, 0.29) is 11.7 Å². The molecule has 2 atom stereocenters. The molecule has 0 radical (unpaired) electrons. The predicted molar refractivity (Wildman–Crippen MR) is 112 cm³/mol. The summed E-state index contributed by atoms with van der Waals surface area (Å²) in [7, 11) is -1.52. The molecule has 0 bridgehead atoms. The summed E-state index contributed by atoms with van der Waals surface area (Å²) in [6.45, 7) is 11.2. The largest absolute Gasteiger partial charge is 0.417 e. The molecule has 0 saturated carbocycles. The van der Waals surface area contributed by atoms with Crippen molar-refractivity contribution in [2.75, 3.05) is 13.2 Å². The van der Waals surface area contributed by atoms with Gasteiger partial charge in [0.05, 0.1) is 10.9 Å². The van der Waals surface area contributed by atoms with Gasteiger partial charge in [-0.1, -0.05) is 13.0 Å². The maximum absolute atomic E-state index is 12.5. The molecule has 0 N–H and O–H groups in total. The van der Waals surface area contributed by atoms with Gasteiger partial charge in [0.2, 0.25) is 0 Å². The van der Waals surface area contributed by atoms with Gasteiger partial charge in [0.15, 0.2) is 14.1 Å². The third kappa shape index (κ3) is 6.22. The van der Waals surface area contributed by atoms with E-state index in [1.54, 1.807) is 6.07 Å². The number of thiophene rings is 1. The number of carbonyl (C=O) groups excluding carboxylic acids is 3. The Morgan fingerprint density at radius 2 is 2.04 bits per heavy atom. The molecule has 1 aliphatic heterocycles. The predicted octanol–water partition coefficient (Wildman–Crippen LogP) is 4.01. The number of carbonyl (C=O) groups is 3. The van der Waals surface area contributed by atoms with Crippen molar-refractivity contribution in [3.63, 3.8) is 0 Å². The lowest BCUT2D eigenvalue weighted by Crippen LogP contribution is -2.43. The van der Waals surface area contributed by atoms with Crippen LogP contribution in [0.5, 0.6) is 0 Å². The summed E-state index contributed by atoms with van der Waals surface area (Å²) in [5.74, 6) is -0.872. The van der Waals surface area contributed by atoms with Gasteiger partial charge in [-0.25, -0.2) is 0 Å². The quantitative estimate of drug-likeness (QED) is 0.371. The Bertz CT molecular complexity index is 735. The van der Waals surface area contributed by atoms with Crippen molar-refractivity contribution in [2.45, 2.75) is 52.4 Å². The van der Waals surface area contributed by atoms with E-state index >= 15 is 0 Å². The van der Waals surface area contributed by atoms with Gasteiger partial charge in [0.1, 0.15) is 0 Å². The van der Waals surface area contributed by atoms with Gasteiger partial charge < -0.3 is 9.33 Å². The molecule has 1 aliphatic rings. The lowest BCUT2D eigenvalue weighted by Gasteiger charge is -2.21. The first-order chi connectivity index (χ1) is 12.6. The molecule has 1 fully saturated rings. The number of rotatable bonds is 8. The van der Waals surface area contributed by atoms with Gasteiger partial charge in [-0.15, -0.1) is 11.3 Å². The SMILES string of the molecule is CC(=O)C1CCCN1C(=O)C(=O)c1ccc(C=CC(C)CO[Si](C)(C)C)s1. The molecular weight excluding hydrogens is 378 g/mol. The van der Waals surface area contributed by atoms with Crippen LogP contribution in [0.1, 0.15) is 41.2 Å². The first kappa shape index (κ1) is 21.7. The summed E-state index contributed by atoms with van der Waals surface area (Å²) >= 11 is 1.30. The highest BCUT2D eigenvalue weighted by molar-refractivity contribution is 7.15. The highest BCUT2D eigenvalue weighted by Crippen LogP contribution is 2.23. The van der Waals surface area contributed by atoms with Crippen molar-refractivity contribution < 1.29 is 18.8 Å². The molecule has 27 heavy (non-hydrogen) atoms. The zero-order valence-corrected chi connectivity index (χ0v) is 18.6. The normalized spacial score (nSPS) is 18.9. The Labute approximate surface area is 166 Å². The van der Waals surface area contributed by atoms with Crippen LogP contribution >= 0.6 is 11.3 Å². The van der Waals surface area contributed by atoms with Gasteiger partial charge in [-0.05, 0) is 63.5 Å². The lowest BCUT2D eigenvalue weighted by molar-refractivity contribution is -0.133. The fourth-order valence-electron chi connectivity index (χ4n) is 2.93. The highest BCUT2D eigenvalue weighted by atomic mass is 32.1. The number of likely N-dealkylation sites (tertiary alicyclic amines) is 1. The van der Waals surface area contributed by atoms with Crippen LogP contribution in [0.3, 0.4) is 0 Å². The molecule has 1 amide bonds. The molecule has 2 heterocycles. The van der Waals surface area contributed by atoms with Crippen LogP contribution in [0.15, 0.2) is 18.2 Å². The molecule has 1 aromatic rings. The van der Waals surface area contributed by atoms with E-state index in [9.17, 15) is 14.4 Å². The molecule has 0 spiro atoms. The average molecular weight is 408 g/mol. The fourth-order valence-corrected chi connectivity index (χ4v) is 4.54. The fraction of sp³-hybridized carbons (Fsp3) is 0.550. The summed E-state index contributed by atoms with van der Waals surface area (Å²) in [5.41, 5.74) is 0. The Kier molecular flexibility index (Phi) is 7.30. The summed E-state index contributed by atoms with van der Waals surface area (Å²) < 4.78 is 5.90. The summed E-state index contributed by atoms with van der Waals surface area (Å²) in [6, 6.07) is 3.08. The van der Waals surface area contributed by atoms with Crippen molar-refractivity contribution >= 4 is 43.2 Å². The first-order valence-corrected chi connectivity index (χ1v) is 13.6. The van der Waals surface area contributed by atoms with E-state index < -0.39 is 26.0 Å². The van der Waals surface area contributed by atoms with E-state index in [1.807, 2.05) is 12.1 Å². The van der Waals surface area contributed by atoms with Crippen LogP contribution in [0.2, 0.25) is 19.6 Å². The number of ketones is 2. The van der Waals surface area contributed by atoms with E-state index in [0.717, 1.165) is 11.3 Å². The van der Waals surface area contributed by atoms with Gasteiger partial charge in [-0.3, -0.25) is 14.4 Å². The van der Waals surface area contributed by atoms with Crippen LogP contribution in [-0.2, 0) is 14.0 Å². The molecule has 148 valence electrons. The second-order valence-electron chi connectivity index (χ2n) is 8.06. The van der Waals surface area contributed by atoms with Crippen LogP contribution in [-0.4, -0.2) is 49.9 Å². The number of amides is 1. The molecule has 7 heteroatoms. The molecule has 1 saturated heterocycles. The van der Waals surface area contributed by atoms with E-state index in [2.05, 4.69) is 32.6 Å². The van der Waals surface area contributed by atoms with Crippen LogP contribution in [0.4, 0.5) is 0 Å². The average Bonchev–Trinajstić information content (AvgIpc) is 3.25. The zero-order chi connectivity index (χ0) is 20.2. The van der Waals surface area contributed by atoms with Crippen molar-refractivity contribution in [3.8, 4) is 0 Å². The summed E-state index contributed by atoms with van der Waals surface area (Å²) in [5, 5.41) is 0. The summed E-state index contributed by atoms with van der Waals surface area (Å²) in [4.78, 5) is 39.5. The van der Waals surface area contributed by atoms with E-state index in [0.29, 0.717) is 24.4 Å². The Hall–Kier alpha value is -1.57. The standard InChI is InChI=1S/C20H29NO4SSi/c1-14(13-25-27(3,4)5)8-9-16-10-11-18(26-16)19(23)20(24)21-12-6-7-17(21)15(2)22/h8-11,14,17H,6-7,12-13H2,1-5H3. The van der Waals surface area contributed by atoms with Crippen LogP contribution < -0.4 is 0 Å². The second-order valence-corrected chi connectivity index (χ2v) is 13.7. The molecule has 2 rings (SSSR count). The molecule has 0 aromatic carbocycles. The second kappa shape index (κ2) is 9.08. The third-order valence-corrected chi connectivity index (χ3v) is 6.48. The van der Waals surface area contributed by atoms with Crippen molar-refractivity contribution in [3.05, 3.63) is 28.0 Å². The minimum Gasteiger partial charge on any atom is -0.417 e. The first-order valence-electron chi connectivity index (χ1n) is 9.36. The molecule has 0 aliphatic carbocycles. The minimum atomic E-state index is -1.52. The van der Waals surface area contributed by atoms with Gasteiger partial charge in [-0.2, -0.15) is 0 Å². The maximum atomic E-state index is 12.5. The molecule has 2 unspecified atom stereocenters. The Morgan fingerprint density at radius 3 is 2.67 bits per heavy atom. The van der Waals surface area contributed by atoms with Crippen LogP contribution in [0.25, 0.3) is 6.08 Å². The van der Waals surface area contributed by atoms with Crippen LogP contribution in [0, 0.1) is 5.92 Å². The monoisotopic (exact) mass is 407 g/mol. The van der Waals surface area contributed by atoms with Crippen molar-refractivity contribution in [1.29, 1.82) is 0 Å². The number of Topliss-reactive ketones (excluding diaryl/α,β-unsaturated/α-hetero) is 2. The smallest absolute Gasteiger partial charge is 0.296 e. The van der Waals surface area contributed by atoms with Gasteiger partial charge in [0, 0.05) is 18.0 Å². The minimum absolute atomic E-state index is 0.0574. The van der Waals surface area contributed by atoms with Gasteiger partial charge >= 0.3 is 0 Å². The number of hydrogen-bond acceptors (Lipinski definition) is 5. The zero-order valence-electron chi connectivity index (χ0n) is 16.8. The number of nitrogens with zero attached hydrogens (tertiary/aromatic N) is 1.